The molecule has 0 saturated carbocycles. The number of nitrogens with zero attached hydrogens (tertiary/aromatic N) is 2. The Balaban J connectivity index is 1.61. The van der Waals surface area contributed by atoms with Crippen molar-refractivity contribution in [3.05, 3.63) is 53.6 Å². The predicted octanol–water partition coefficient (Wildman–Crippen LogP) is 2.96. The first-order valence-corrected chi connectivity index (χ1v) is 8.72. The second-order valence-electron chi connectivity index (χ2n) is 6.65. The van der Waals surface area contributed by atoms with Crippen LogP contribution in [0.5, 0.6) is 5.75 Å². The van der Waals surface area contributed by atoms with Crippen molar-refractivity contribution in [3.63, 3.8) is 0 Å². The highest BCUT2D eigenvalue weighted by Crippen LogP contribution is 2.35. The van der Waals surface area contributed by atoms with Gasteiger partial charge < -0.3 is 19.9 Å². The smallest absolute Gasteiger partial charge is 0.257 e. The van der Waals surface area contributed by atoms with Crippen LogP contribution in [0.4, 0.5) is 11.4 Å². The number of methoxy groups -OCH3 is 1. The van der Waals surface area contributed by atoms with E-state index in [2.05, 4.69) is 10.2 Å². The van der Waals surface area contributed by atoms with Crippen molar-refractivity contribution in [3.8, 4) is 5.75 Å². The molecular formula is C20H21N3O3. The van der Waals surface area contributed by atoms with E-state index in [-0.39, 0.29) is 18.0 Å². The first kappa shape index (κ1) is 16.4. The Morgan fingerprint density at radius 2 is 2.08 bits per heavy atom. The normalized spacial score (nSPS) is 18.4. The first-order chi connectivity index (χ1) is 12.6. The maximum atomic E-state index is 12.7. The lowest BCUT2D eigenvalue weighted by Crippen LogP contribution is -2.50. The van der Waals surface area contributed by atoms with Gasteiger partial charge in [-0.1, -0.05) is 6.07 Å². The number of nitrogens with one attached hydrogen (secondary N) is 1. The lowest BCUT2D eigenvalue weighted by atomic mass is 10.0. The zero-order valence-corrected chi connectivity index (χ0v) is 14.9. The summed E-state index contributed by atoms with van der Waals surface area (Å²) in [5.74, 6) is 0.524. The molecule has 1 atom stereocenters. The summed E-state index contributed by atoms with van der Waals surface area (Å²) in [6, 6.07) is 12.5. The molecule has 0 unspecified atom stereocenters. The molecule has 2 amide bonds. The fourth-order valence-corrected chi connectivity index (χ4v) is 3.75. The summed E-state index contributed by atoms with van der Waals surface area (Å²) in [7, 11) is 3.57. The average molecular weight is 351 g/mol. The SMILES string of the molecule is COc1cccc(NC(=O)c2ccc3c(c2)N(C)[C@H]2CCCN2C3=O)c1. The molecule has 26 heavy (non-hydrogen) atoms. The molecule has 0 bridgehead atoms. The Morgan fingerprint density at radius 3 is 2.88 bits per heavy atom. The standard InChI is InChI=1S/C20H21N3O3/c1-22-17-11-13(19(24)21-14-5-3-6-15(12-14)26-2)8-9-16(17)20(25)23-10-4-7-18(22)23/h3,5-6,8-9,11-12,18H,4,7,10H2,1-2H3,(H,21,24)/t18-/m1/s1. The molecule has 6 heteroatoms. The molecular weight excluding hydrogens is 330 g/mol. The second-order valence-corrected chi connectivity index (χ2v) is 6.65. The highest BCUT2D eigenvalue weighted by Gasteiger charge is 2.38. The fourth-order valence-electron chi connectivity index (χ4n) is 3.75. The van der Waals surface area contributed by atoms with Gasteiger partial charge in [0, 0.05) is 30.9 Å². The Kier molecular flexibility index (Phi) is 4.03. The summed E-state index contributed by atoms with van der Waals surface area (Å²) >= 11 is 0. The second kappa shape index (κ2) is 6.37. The fraction of sp³-hybridized carbons (Fsp3) is 0.300. The summed E-state index contributed by atoms with van der Waals surface area (Å²) in [5.41, 5.74) is 2.66. The Labute approximate surface area is 152 Å². The summed E-state index contributed by atoms with van der Waals surface area (Å²) in [5, 5.41) is 2.88. The largest absolute Gasteiger partial charge is 0.497 e. The molecule has 2 aliphatic rings. The van der Waals surface area contributed by atoms with E-state index >= 15 is 0 Å². The van der Waals surface area contributed by atoms with Crippen molar-refractivity contribution in [2.24, 2.45) is 0 Å². The van der Waals surface area contributed by atoms with E-state index in [4.69, 9.17) is 4.74 Å². The number of benzene rings is 2. The van der Waals surface area contributed by atoms with Crippen LogP contribution in [0, 0.1) is 0 Å². The first-order valence-electron chi connectivity index (χ1n) is 8.72. The van der Waals surface area contributed by atoms with Crippen molar-refractivity contribution in [1.82, 2.24) is 4.90 Å². The highest BCUT2D eigenvalue weighted by molar-refractivity contribution is 6.08. The van der Waals surface area contributed by atoms with Crippen molar-refractivity contribution in [1.29, 1.82) is 0 Å². The molecule has 2 heterocycles. The summed E-state index contributed by atoms with van der Waals surface area (Å²) in [6.07, 6.45) is 2.06. The molecule has 0 radical (unpaired) electrons. The van der Waals surface area contributed by atoms with Gasteiger partial charge in [0.1, 0.15) is 11.9 Å². The summed E-state index contributed by atoms with van der Waals surface area (Å²) in [6.45, 7) is 0.797. The molecule has 0 aliphatic carbocycles. The number of carbonyl (C=O) groups excluding carboxylic acids is 2. The third-order valence-electron chi connectivity index (χ3n) is 5.13. The Hall–Kier alpha value is -3.02. The summed E-state index contributed by atoms with van der Waals surface area (Å²) < 4.78 is 5.18. The van der Waals surface area contributed by atoms with Gasteiger partial charge in [-0.05, 0) is 43.2 Å². The molecule has 1 N–H and O–H groups in total. The van der Waals surface area contributed by atoms with E-state index in [1.807, 2.05) is 30.1 Å². The van der Waals surface area contributed by atoms with Crippen molar-refractivity contribution in [2.45, 2.75) is 19.0 Å². The van der Waals surface area contributed by atoms with Gasteiger partial charge in [-0.3, -0.25) is 9.59 Å². The average Bonchev–Trinajstić information content (AvgIpc) is 3.16. The minimum Gasteiger partial charge on any atom is -0.497 e. The van der Waals surface area contributed by atoms with Crippen molar-refractivity contribution < 1.29 is 14.3 Å². The molecule has 6 nitrogen and oxygen atoms in total. The number of hydrogen-bond acceptors (Lipinski definition) is 4. The van der Waals surface area contributed by atoms with Crippen molar-refractivity contribution >= 4 is 23.2 Å². The van der Waals surface area contributed by atoms with Crippen molar-refractivity contribution in [2.75, 3.05) is 30.9 Å². The minimum atomic E-state index is -0.212. The van der Waals surface area contributed by atoms with Crippen LogP contribution in [-0.2, 0) is 0 Å². The highest BCUT2D eigenvalue weighted by atomic mass is 16.5. The van der Waals surface area contributed by atoms with Gasteiger partial charge in [0.2, 0.25) is 0 Å². The van der Waals surface area contributed by atoms with Crippen LogP contribution in [0.1, 0.15) is 33.6 Å². The molecule has 2 aliphatic heterocycles. The number of anilines is 2. The lowest BCUT2D eigenvalue weighted by molar-refractivity contribution is 0.0719. The zero-order valence-electron chi connectivity index (χ0n) is 14.9. The molecule has 1 fully saturated rings. The van der Waals surface area contributed by atoms with E-state index in [0.717, 1.165) is 25.1 Å². The third kappa shape index (κ3) is 2.67. The van der Waals surface area contributed by atoms with Gasteiger partial charge >= 0.3 is 0 Å². The number of hydrogen-bond donors (Lipinski definition) is 1. The lowest BCUT2D eigenvalue weighted by Gasteiger charge is -2.40. The molecule has 0 aromatic heterocycles. The van der Waals surface area contributed by atoms with Crippen LogP contribution >= 0.6 is 0 Å². The van der Waals surface area contributed by atoms with Crippen LogP contribution in [0.25, 0.3) is 0 Å². The molecule has 134 valence electrons. The van der Waals surface area contributed by atoms with Crippen LogP contribution in [0.3, 0.4) is 0 Å². The Morgan fingerprint density at radius 1 is 1.23 bits per heavy atom. The van der Waals surface area contributed by atoms with E-state index < -0.39 is 0 Å². The topological polar surface area (TPSA) is 61.9 Å². The van der Waals surface area contributed by atoms with Gasteiger partial charge in [0.15, 0.2) is 0 Å². The van der Waals surface area contributed by atoms with Crippen LogP contribution in [0.15, 0.2) is 42.5 Å². The number of fused-ring (bicyclic) bond motifs is 2. The van der Waals surface area contributed by atoms with Crippen LogP contribution < -0.4 is 15.0 Å². The molecule has 2 aromatic carbocycles. The number of rotatable bonds is 3. The van der Waals surface area contributed by atoms with Gasteiger partial charge in [-0.25, -0.2) is 0 Å². The van der Waals surface area contributed by atoms with Gasteiger partial charge in [-0.2, -0.15) is 0 Å². The quantitative estimate of drug-likeness (QED) is 0.924. The van der Waals surface area contributed by atoms with Gasteiger partial charge in [0.05, 0.1) is 18.4 Å². The number of ether oxygens (including phenoxy) is 1. The van der Waals surface area contributed by atoms with E-state index in [1.165, 1.54) is 0 Å². The molecule has 0 spiro atoms. The maximum Gasteiger partial charge on any atom is 0.257 e. The monoisotopic (exact) mass is 351 g/mol. The van der Waals surface area contributed by atoms with Gasteiger partial charge in [-0.15, -0.1) is 0 Å². The third-order valence-corrected chi connectivity index (χ3v) is 5.13. The Bertz CT molecular complexity index is 880. The van der Waals surface area contributed by atoms with Gasteiger partial charge in [0.25, 0.3) is 11.8 Å². The maximum absolute atomic E-state index is 12.7. The molecule has 2 aromatic rings. The minimum absolute atomic E-state index is 0.0559. The molecule has 1 saturated heterocycles. The van der Waals surface area contributed by atoms with E-state index in [0.29, 0.717) is 22.6 Å². The van der Waals surface area contributed by atoms with E-state index in [9.17, 15) is 9.59 Å². The van der Waals surface area contributed by atoms with E-state index in [1.54, 1.807) is 31.4 Å². The number of amides is 2. The van der Waals surface area contributed by atoms with Crippen LogP contribution in [0.2, 0.25) is 0 Å². The molecule has 4 rings (SSSR count). The predicted molar refractivity (Wildman–Crippen MR) is 99.9 cm³/mol. The number of carbonyl (C=O) groups is 2. The van der Waals surface area contributed by atoms with Crippen LogP contribution in [-0.4, -0.2) is 43.6 Å². The summed E-state index contributed by atoms with van der Waals surface area (Å²) in [4.78, 5) is 29.3. The zero-order chi connectivity index (χ0) is 18.3.